The predicted octanol–water partition coefficient (Wildman–Crippen LogP) is 1.90. The van der Waals surface area contributed by atoms with E-state index in [-0.39, 0.29) is 23.8 Å². The molecule has 138 valence electrons. The lowest BCUT2D eigenvalue weighted by Gasteiger charge is -2.37. The molecule has 2 aliphatic rings. The van der Waals surface area contributed by atoms with Crippen molar-refractivity contribution in [2.45, 2.75) is 38.8 Å². The molecule has 25 heavy (non-hydrogen) atoms. The molecule has 3 rings (SSSR count). The quantitative estimate of drug-likeness (QED) is 0.853. The fourth-order valence-electron chi connectivity index (χ4n) is 3.77. The van der Waals surface area contributed by atoms with Crippen LogP contribution in [-0.4, -0.2) is 56.1 Å². The first-order chi connectivity index (χ1) is 12.1. The second kappa shape index (κ2) is 8.15. The topological polar surface area (TPSA) is 47.6 Å². The molecule has 6 heteroatoms. The van der Waals surface area contributed by atoms with Crippen LogP contribution in [0.1, 0.15) is 38.3 Å². The van der Waals surface area contributed by atoms with E-state index in [9.17, 15) is 9.18 Å². The molecule has 0 saturated carbocycles. The SMILES string of the molecule is CCN1CCN(c2ccc(F)cc2[C@H](C)NC(=O)[C@@H]2CCCN2)CC1. The Balaban J connectivity index is 1.73. The number of rotatable bonds is 5. The molecule has 0 aromatic heterocycles. The van der Waals surface area contributed by atoms with E-state index in [1.807, 2.05) is 13.0 Å². The van der Waals surface area contributed by atoms with Crippen molar-refractivity contribution in [3.63, 3.8) is 0 Å². The molecule has 5 nitrogen and oxygen atoms in total. The van der Waals surface area contributed by atoms with Gasteiger partial charge in [0.25, 0.3) is 0 Å². The number of benzene rings is 1. The third-order valence-corrected chi connectivity index (χ3v) is 5.35. The lowest BCUT2D eigenvalue weighted by molar-refractivity contribution is -0.123. The van der Waals surface area contributed by atoms with Crippen LogP contribution in [-0.2, 0) is 4.79 Å². The lowest BCUT2D eigenvalue weighted by Crippen LogP contribution is -2.47. The summed E-state index contributed by atoms with van der Waals surface area (Å²) >= 11 is 0. The van der Waals surface area contributed by atoms with Crippen LogP contribution in [0.25, 0.3) is 0 Å². The van der Waals surface area contributed by atoms with Gasteiger partial charge in [-0.2, -0.15) is 0 Å². The number of amides is 1. The molecule has 2 N–H and O–H groups in total. The Morgan fingerprint density at radius 2 is 2.12 bits per heavy atom. The highest BCUT2D eigenvalue weighted by atomic mass is 19.1. The van der Waals surface area contributed by atoms with Gasteiger partial charge < -0.3 is 20.4 Å². The van der Waals surface area contributed by atoms with Crippen molar-refractivity contribution < 1.29 is 9.18 Å². The minimum Gasteiger partial charge on any atom is -0.369 e. The van der Waals surface area contributed by atoms with E-state index in [4.69, 9.17) is 0 Å². The first kappa shape index (κ1) is 18.1. The highest BCUT2D eigenvalue weighted by Crippen LogP contribution is 2.28. The van der Waals surface area contributed by atoms with Crippen LogP contribution in [0.2, 0.25) is 0 Å². The monoisotopic (exact) mass is 348 g/mol. The molecular formula is C19H29FN4O. The Morgan fingerprint density at radius 1 is 1.36 bits per heavy atom. The number of anilines is 1. The highest BCUT2D eigenvalue weighted by molar-refractivity contribution is 5.82. The number of nitrogens with zero attached hydrogens (tertiary/aromatic N) is 2. The highest BCUT2D eigenvalue weighted by Gasteiger charge is 2.26. The maximum atomic E-state index is 13.9. The van der Waals surface area contributed by atoms with E-state index < -0.39 is 0 Å². The van der Waals surface area contributed by atoms with Gasteiger partial charge in [-0.25, -0.2) is 4.39 Å². The molecule has 0 bridgehead atoms. The summed E-state index contributed by atoms with van der Waals surface area (Å²) in [6.07, 6.45) is 1.90. The summed E-state index contributed by atoms with van der Waals surface area (Å²) in [5.74, 6) is -0.248. The number of piperazine rings is 1. The molecule has 1 aromatic carbocycles. The second-order valence-electron chi connectivity index (χ2n) is 7.00. The Morgan fingerprint density at radius 3 is 2.76 bits per heavy atom. The largest absolute Gasteiger partial charge is 0.369 e. The Kier molecular flexibility index (Phi) is 5.91. The van der Waals surface area contributed by atoms with Gasteiger partial charge in [0, 0.05) is 37.4 Å². The summed E-state index contributed by atoms with van der Waals surface area (Å²) in [6.45, 7) is 9.94. The Labute approximate surface area is 149 Å². The van der Waals surface area contributed by atoms with Gasteiger partial charge in [0.1, 0.15) is 5.82 Å². The lowest BCUT2D eigenvalue weighted by atomic mass is 10.0. The predicted molar refractivity (Wildman–Crippen MR) is 98.3 cm³/mol. The van der Waals surface area contributed by atoms with Gasteiger partial charge >= 0.3 is 0 Å². The third-order valence-electron chi connectivity index (χ3n) is 5.35. The molecule has 2 aliphatic heterocycles. The Bertz CT molecular complexity index is 595. The minimum atomic E-state index is -0.258. The standard InChI is InChI=1S/C19H29FN4O/c1-3-23-9-11-24(12-10-23)18-7-6-15(20)13-16(18)14(2)22-19(25)17-5-4-8-21-17/h6-7,13-14,17,21H,3-5,8-12H2,1-2H3,(H,22,25)/t14-,17-/m0/s1. The number of likely N-dealkylation sites (N-methyl/N-ethyl adjacent to an activating group) is 1. The summed E-state index contributed by atoms with van der Waals surface area (Å²) in [5, 5.41) is 6.27. The van der Waals surface area contributed by atoms with Crippen LogP contribution in [0.3, 0.4) is 0 Å². The Hall–Kier alpha value is -1.66. The van der Waals surface area contributed by atoms with Crippen LogP contribution < -0.4 is 15.5 Å². The molecule has 1 aromatic rings. The van der Waals surface area contributed by atoms with Crippen molar-refractivity contribution in [2.24, 2.45) is 0 Å². The van der Waals surface area contributed by atoms with Crippen LogP contribution in [0.15, 0.2) is 18.2 Å². The number of carbonyl (C=O) groups is 1. The van der Waals surface area contributed by atoms with Gasteiger partial charge in [0.2, 0.25) is 5.91 Å². The second-order valence-corrected chi connectivity index (χ2v) is 7.00. The number of nitrogens with one attached hydrogen (secondary N) is 2. The summed E-state index contributed by atoms with van der Waals surface area (Å²) in [4.78, 5) is 17.1. The molecule has 0 aliphatic carbocycles. The molecule has 0 spiro atoms. The van der Waals surface area contributed by atoms with Crippen LogP contribution in [0.4, 0.5) is 10.1 Å². The smallest absolute Gasteiger partial charge is 0.237 e. The van der Waals surface area contributed by atoms with E-state index in [1.54, 1.807) is 6.07 Å². The zero-order chi connectivity index (χ0) is 17.8. The normalized spacial score (nSPS) is 22.8. The zero-order valence-corrected chi connectivity index (χ0v) is 15.2. The summed E-state index contributed by atoms with van der Waals surface area (Å²) < 4.78 is 13.9. The molecule has 1 amide bonds. The molecule has 2 fully saturated rings. The van der Waals surface area contributed by atoms with E-state index in [2.05, 4.69) is 27.4 Å². The van der Waals surface area contributed by atoms with Gasteiger partial charge in [-0.1, -0.05) is 6.92 Å². The summed E-state index contributed by atoms with van der Waals surface area (Å²) in [7, 11) is 0. The number of hydrogen-bond acceptors (Lipinski definition) is 4. The van der Waals surface area contributed by atoms with Crippen molar-refractivity contribution >= 4 is 11.6 Å². The van der Waals surface area contributed by atoms with E-state index >= 15 is 0 Å². The van der Waals surface area contributed by atoms with Gasteiger partial charge in [-0.05, 0) is 51.1 Å². The molecule has 0 radical (unpaired) electrons. The fraction of sp³-hybridized carbons (Fsp3) is 0.632. The van der Waals surface area contributed by atoms with Crippen molar-refractivity contribution in [3.05, 3.63) is 29.6 Å². The average Bonchev–Trinajstić information content (AvgIpc) is 3.16. The van der Waals surface area contributed by atoms with Gasteiger partial charge in [-0.3, -0.25) is 4.79 Å². The zero-order valence-electron chi connectivity index (χ0n) is 15.2. The third kappa shape index (κ3) is 4.30. The van der Waals surface area contributed by atoms with Gasteiger partial charge in [-0.15, -0.1) is 0 Å². The van der Waals surface area contributed by atoms with Crippen molar-refractivity contribution in [2.75, 3.05) is 44.2 Å². The van der Waals surface area contributed by atoms with Gasteiger partial charge in [0.05, 0.1) is 12.1 Å². The van der Waals surface area contributed by atoms with E-state index in [0.29, 0.717) is 0 Å². The van der Waals surface area contributed by atoms with Crippen LogP contribution in [0.5, 0.6) is 0 Å². The molecule has 2 saturated heterocycles. The molecule has 2 atom stereocenters. The average molecular weight is 348 g/mol. The summed E-state index contributed by atoms with van der Waals surface area (Å²) in [5.41, 5.74) is 1.89. The first-order valence-corrected chi connectivity index (χ1v) is 9.39. The van der Waals surface area contributed by atoms with Crippen molar-refractivity contribution in [3.8, 4) is 0 Å². The van der Waals surface area contributed by atoms with Crippen molar-refractivity contribution in [1.29, 1.82) is 0 Å². The number of carbonyl (C=O) groups excluding carboxylic acids is 1. The molecular weight excluding hydrogens is 319 g/mol. The first-order valence-electron chi connectivity index (χ1n) is 9.39. The van der Waals surface area contributed by atoms with Crippen molar-refractivity contribution in [1.82, 2.24) is 15.5 Å². The maximum absolute atomic E-state index is 13.9. The number of hydrogen-bond donors (Lipinski definition) is 2. The molecule has 0 unspecified atom stereocenters. The fourth-order valence-corrected chi connectivity index (χ4v) is 3.77. The maximum Gasteiger partial charge on any atom is 0.237 e. The van der Waals surface area contributed by atoms with Gasteiger partial charge in [0.15, 0.2) is 0 Å². The number of halogens is 1. The summed E-state index contributed by atoms with van der Waals surface area (Å²) in [6, 6.07) is 4.59. The minimum absolute atomic E-state index is 0.0102. The van der Waals surface area contributed by atoms with Crippen LogP contribution in [0, 0.1) is 5.82 Å². The van der Waals surface area contributed by atoms with E-state index in [0.717, 1.165) is 63.4 Å². The van der Waals surface area contributed by atoms with Crippen LogP contribution >= 0.6 is 0 Å². The van der Waals surface area contributed by atoms with E-state index in [1.165, 1.54) is 6.07 Å². The molecule has 2 heterocycles.